The van der Waals surface area contributed by atoms with Gasteiger partial charge in [0.1, 0.15) is 6.29 Å². The van der Waals surface area contributed by atoms with Crippen molar-refractivity contribution in [2.24, 2.45) is 0 Å². The van der Waals surface area contributed by atoms with Gasteiger partial charge in [-0.05, 0) is 47.0 Å². The van der Waals surface area contributed by atoms with Gasteiger partial charge in [-0.3, -0.25) is 9.59 Å². The number of carbonyl (C=O) groups excluding carboxylic acids is 3. The second-order valence-corrected chi connectivity index (χ2v) is 7.47. The minimum atomic E-state index is -0.640. The van der Waals surface area contributed by atoms with Crippen molar-refractivity contribution in [2.75, 3.05) is 5.32 Å². The lowest BCUT2D eigenvalue weighted by Crippen LogP contribution is -2.37. The van der Waals surface area contributed by atoms with Crippen LogP contribution in [0.25, 0.3) is 10.8 Å². The third-order valence-electron chi connectivity index (χ3n) is 5.20. The summed E-state index contributed by atoms with van der Waals surface area (Å²) < 4.78 is 0. The topological polar surface area (TPSA) is 75.3 Å². The van der Waals surface area contributed by atoms with E-state index in [0.717, 1.165) is 22.6 Å². The lowest BCUT2D eigenvalue weighted by molar-refractivity contribution is -0.109. The molecule has 1 atom stereocenters. The van der Waals surface area contributed by atoms with Gasteiger partial charge in [0.2, 0.25) is 0 Å². The van der Waals surface area contributed by atoms with E-state index in [9.17, 15) is 14.4 Å². The first kappa shape index (κ1) is 21.0. The van der Waals surface area contributed by atoms with Crippen LogP contribution >= 0.6 is 0 Å². The van der Waals surface area contributed by atoms with Crippen molar-refractivity contribution in [3.63, 3.8) is 0 Å². The molecule has 0 aliphatic heterocycles. The smallest absolute Gasteiger partial charge is 0.256 e. The molecule has 1 unspecified atom stereocenters. The Balaban J connectivity index is 1.47. The Bertz CT molecular complexity index is 1260. The predicted octanol–water partition coefficient (Wildman–Crippen LogP) is 4.63. The Morgan fingerprint density at radius 3 is 2.31 bits per heavy atom. The van der Waals surface area contributed by atoms with E-state index >= 15 is 0 Å². The molecule has 4 aromatic rings. The van der Waals surface area contributed by atoms with E-state index in [1.807, 2.05) is 66.7 Å². The van der Waals surface area contributed by atoms with E-state index in [1.54, 1.807) is 30.3 Å². The molecule has 0 saturated carbocycles. The molecule has 0 bridgehead atoms. The summed E-state index contributed by atoms with van der Waals surface area (Å²) in [6, 6.07) is 28.8. The van der Waals surface area contributed by atoms with Gasteiger partial charge in [0.05, 0.1) is 6.04 Å². The number of anilines is 1. The molecule has 5 heteroatoms. The second-order valence-electron chi connectivity index (χ2n) is 7.47. The molecule has 2 N–H and O–H groups in total. The molecule has 0 saturated heterocycles. The van der Waals surface area contributed by atoms with Crippen LogP contribution in [0.1, 0.15) is 26.3 Å². The highest BCUT2D eigenvalue weighted by molar-refractivity contribution is 6.13. The van der Waals surface area contributed by atoms with Crippen molar-refractivity contribution in [3.05, 3.63) is 114 Å². The van der Waals surface area contributed by atoms with Crippen molar-refractivity contribution in [1.29, 1.82) is 0 Å². The first-order valence-corrected chi connectivity index (χ1v) is 10.3. The number of amides is 2. The molecule has 2 amide bonds. The third kappa shape index (κ3) is 4.90. The summed E-state index contributed by atoms with van der Waals surface area (Å²) in [5.74, 6) is -0.631. The van der Waals surface area contributed by atoms with Crippen LogP contribution in [0, 0.1) is 0 Å². The van der Waals surface area contributed by atoms with Gasteiger partial charge in [0, 0.05) is 16.8 Å². The van der Waals surface area contributed by atoms with Gasteiger partial charge < -0.3 is 15.4 Å². The van der Waals surface area contributed by atoms with E-state index in [2.05, 4.69) is 10.6 Å². The summed E-state index contributed by atoms with van der Waals surface area (Å²) in [4.78, 5) is 37.1. The molecule has 0 heterocycles. The Kier molecular flexibility index (Phi) is 6.37. The zero-order chi connectivity index (χ0) is 22.3. The Morgan fingerprint density at radius 1 is 0.781 bits per heavy atom. The fraction of sp³-hybridized carbons (Fsp3) is 0.0741. The molecule has 32 heavy (non-hydrogen) atoms. The number of aldehydes is 1. The first-order valence-electron chi connectivity index (χ1n) is 10.3. The highest BCUT2D eigenvalue weighted by Crippen LogP contribution is 2.20. The van der Waals surface area contributed by atoms with Gasteiger partial charge in [-0.2, -0.15) is 0 Å². The first-order chi connectivity index (χ1) is 15.6. The molecule has 0 spiro atoms. The summed E-state index contributed by atoms with van der Waals surface area (Å²) >= 11 is 0. The maximum absolute atomic E-state index is 12.9. The van der Waals surface area contributed by atoms with E-state index < -0.39 is 6.04 Å². The molecule has 0 aliphatic rings. The van der Waals surface area contributed by atoms with Crippen molar-refractivity contribution in [1.82, 2.24) is 5.32 Å². The highest BCUT2D eigenvalue weighted by Gasteiger charge is 2.15. The maximum atomic E-state index is 12.9. The number of carbonyl (C=O) groups is 3. The van der Waals surface area contributed by atoms with Crippen LogP contribution < -0.4 is 10.6 Å². The van der Waals surface area contributed by atoms with E-state index in [1.165, 1.54) is 0 Å². The van der Waals surface area contributed by atoms with Crippen LogP contribution in [-0.4, -0.2) is 24.1 Å². The van der Waals surface area contributed by atoms with Crippen LogP contribution in [0.3, 0.4) is 0 Å². The summed E-state index contributed by atoms with van der Waals surface area (Å²) in [7, 11) is 0. The number of hydrogen-bond donors (Lipinski definition) is 2. The van der Waals surface area contributed by atoms with Crippen molar-refractivity contribution >= 4 is 34.6 Å². The largest absolute Gasteiger partial charge is 0.342 e. The zero-order valence-corrected chi connectivity index (χ0v) is 17.3. The summed E-state index contributed by atoms with van der Waals surface area (Å²) in [6.45, 7) is 0. The minimum Gasteiger partial charge on any atom is -0.342 e. The molecule has 4 aromatic carbocycles. The molecule has 0 aliphatic carbocycles. The molecule has 0 radical (unpaired) electrons. The van der Waals surface area contributed by atoms with Crippen LogP contribution in [0.4, 0.5) is 5.69 Å². The van der Waals surface area contributed by atoms with Gasteiger partial charge in [-0.1, -0.05) is 72.8 Å². The molecule has 0 fully saturated rings. The number of nitrogens with one attached hydrogen (secondary N) is 2. The summed E-state index contributed by atoms with van der Waals surface area (Å²) in [5.41, 5.74) is 2.38. The van der Waals surface area contributed by atoms with Gasteiger partial charge in [-0.25, -0.2) is 0 Å². The van der Waals surface area contributed by atoms with Gasteiger partial charge in [-0.15, -0.1) is 0 Å². The molecule has 4 rings (SSSR count). The van der Waals surface area contributed by atoms with Gasteiger partial charge in [0.15, 0.2) is 0 Å². The minimum absolute atomic E-state index is 0.255. The molecule has 0 aromatic heterocycles. The predicted molar refractivity (Wildman–Crippen MR) is 126 cm³/mol. The maximum Gasteiger partial charge on any atom is 0.256 e. The second kappa shape index (κ2) is 9.71. The van der Waals surface area contributed by atoms with E-state index in [0.29, 0.717) is 23.2 Å². The Labute approximate surface area is 186 Å². The van der Waals surface area contributed by atoms with Gasteiger partial charge in [0.25, 0.3) is 11.8 Å². The lowest BCUT2D eigenvalue weighted by atomic mass is 10.0. The SMILES string of the molecule is O=CC(Cc1ccccc1)NC(=O)c1cccc(NC(=O)c2cccc3ccccc23)c1. The third-order valence-corrected chi connectivity index (χ3v) is 5.20. The van der Waals surface area contributed by atoms with Crippen LogP contribution in [0.15, 0.2) is 97.1 Å². The molecule has 5 nitrogen and oxygen atoms in total. The average Bonchev–Trinajstić information content (AvgIpc) is 2.84. The fourth-order valence-corrected chi connectivity index (χ4v) is 3.61. The fourth-order valence-electron chi connectivity index (χ4n) is 3.61. The van der Waals surface area contributed by atoms with E-state index in [4.69, 9.17) is 0 Å². The molecular weight excluding hydrogens is 400 g/mol. The zero-order valence-electron chi connectivity index (χ0n) is 17.3. The van der Waals surface area contributed by atoms with Crippen LogP contribution in [0.5, 0.6) is 0 Å². The number of fused-ring (bicyclic) bond motifs is 1. The van der Waals surface area contributed by atoms with Crippen LogP contribution in [0.2, 0.25) is 0 Å². The highest BCUT2D eigenvalue weighted by atomic mass is 16.2. The standard InChI is InChI=1S/C27H22N2O3/c30-18-23(16-19-8-2-1-3-9-19)29-26(31)21-12-6-13-22(17-21)28-27(32)25-15-7-11-20-10-4-5-14-24(20)25/h1-15,17-18,23H,16H2,(H,28,32)(H,29,31). The monoisotopic (exact) mass is 422 g/mol. The van der Waals surface area contributed by atoms with Crippen molar-refractivity contribution in [3.8, 4) is 0 Å². The normalized spacial score (nSPS) is 11.5. The summed E-state index contributed by atoms with van der Waals surface area (Å²) in [5, 5.41) is 7.45. The van der Waals surface area contributed by atoms with Crippen molar-refractivity contribution < 1.29 is 14.4 Å². The quantitative estimate of drug-likeness (QED) is 0.426. The Hall–Kier alpha value is -4.25. The number of rotatable bonds is 7. The molecular formula is C27H22N2O3. The lowest BCUT2D eigenvalue weighted by Gasteiger charge is -2.14. The summed E-state index contributed by atoms with van der Waals surface area (Å²) in [6.07, 6.45) is 1.14. The van der Waals surface area contributed by atoms with Crippen molar-refractivity contribution in [2.45, 2.75) is 12.5 Å². The van der Waals surface area contributed by atoms with Gasteiger partial charge >= 0.3 is 0 Å². The van der Waals surface area contributed by atoms with E-state index in [-0.39, 0.29) is 11.8 Å². The number of benzene rings is 4. The average molecular weight is 422 g/mol. The van der Waals surface area contributed by atoms with Crippen LogP contribution in [-0.2, 0) is 11.2 Å². The number of hydrogen-bond acceptors (Lipinski definition) is 3. The Morgan fingerprint density at radius 2 is 1.50 bits per heavy atom. The molecule has 158 valence electrons.